The lowest BCUT2D eigenvalue weighted by Gasteiger charge is -2.32. The fourth-order valence-corrected chi connectivity index (χ4v) is 1.85. The van der Waals surface area contributed by atoms with Gasteiger partial charge in [0.05, 0.1) is 12.6 Å². The summed E-state index contributed by atoms with van der Waals surface area (Å²) in [6.45, 7) is 6.22. The highest BCUT2D eigenvalue weighted by molar-refractivity contribution is 5.66. The molecular formula is C9H17NO3. The van der Waals surface area contributed by atoms with E-state index in [0.717, 1.165) is 0 Å². The Morgan fingerprint density at radius 2 is 2.00 bits per heavy atom. The van der Waals surface area contributed by atoms with Gasteiger partial charge in [-0.25, -0.2) is 4.79 Å². The second-order valence-electron chi connectivity index (χ2n) is 4.71. The molecule has 0 aromatic carbocycles. The van der Waals surface area contributed by atoms with Crippen molar-refractivity contribution >= 4 is 6.09 Å². The summed E-state index contributed by atoms with van der Waals surface area (Å²) in [5.41, 5.74) is -0.101. The SMILES string of the molecule is CC(C)(C)C1CC(O)CN1C(=O)O. The van der Waals surface area contributed by atoms with E-state index in [1.165, 1.54) is 4.90 Å². The van der Waals surface area contributed by atoms with Crippen molar-refractivity contribution in [2.24, 2.45) is 5.41 Å². The standard InChI is InChI=1S/C9H17NO3/c1-9(2,3)7-4-6(11)5-10(7)8(12)13/h6-7,11H,4-5H2,1-3H3,(H,12,13). The minimum atomic E-state index is -0.934. The van der Waals surface area contributed by atoms with Crippen LogP contribution >= 0.6 is 0 Å². The van der Waals surface area contributed by atoms with E-state index >= 15 is 0 Å². The predicted molar refractivity (Wildman–Crippen MR) is 48.6 cm³/mol. The van der Waals surface area contributed by atoms with Crippen molar-refractivity contribution in [3.8, 4) is 0 Å². The molecule has 1 heterocycles. The zero-order valence-corrected chi connectivity index (χ0v) is 8.32. The third-order valence-corrected chi connectivity index (χ3v) is 2.52. The monoisotopic (exact) mass is 187 g/mol. The molecule has 0 bridgehead atoms. The lowest BCUT2D eigenvalue weighted by molar-refractivity contribution is 0.105. The number of rotatable bonds is 0. The highest BCUT2D eigenvalue weighted by Crippen LogP contribution is 2.32. The van der Waals surface area contributed by atoms with Gasteiger partial charge in [-0.3, -0.25) is 0 Å². The average Bonchev–Trinajstić information content (AvgIpc) is 2.29. The molecule has 0 aromatic heterocycles. The van der Waals surface area contributed by atoms with Crippen molar-refractivity contribution in [2.45, 2.75) is 39.3 Å². The number of aliphatic hydroxyl groups is 1. The van der Waals surface area contributed by atoms with E-state index in [0.29, 0.717) is 6.42 Å². The van der Waals surface area contributed by atoms with Gasteiger partial charge in [0, 0.05) is 6.04 Å². The van der Waals surface area contributed by atoms with E-state index < -0.39 is 12.2 Å². The van der Waals surface area contributed by atoms with Crippen molar-refractivity contribution in [3.05, 3.63) is 0 Å². The van der Waals surface area contributed by atoms with Crippen LogP contribution < -0.4 is 0 Å². The number of carboxylic acid groups (broad SMARTS) is 1. The Kier molecular flexibility index (Phi) is 2.52. The Bertz CT molecular complexity index is 209. The maximum atomic E-state index is 10.8. The van der Waals surface area contributed by atoms with E-state index in [2.05, 4.69) is 0 Å². The molecule has 1 fully saturated rings. The number of hydrogen-bond acceptors (Lipinski definition) is 2. The normalized spacial score (nSPS) is 29.4. The van der Waals surface area contributed by atoms with Crippen molar-refractivity contribution in [3.63, 3.8) is 0 Å². The van der Waals surface area contributed by atoms with Crippen molar-refractivity contribution < 1.29 is 15.0 Å². The molecule has 1 aliphatic heterocycles. The molecule has 0 spiro atoms. The first kappa shape index (κ1) is 10.3. The van der Waals surface area contributed by atoms with Crippen LogP contribution in [0.2, 0.25) is 0 Å². The zero-order valence-electron chi connectivity index (χ0n) is 8.32. The van der Waals surface area contributed by atoms with Gasteiger partial charge >= 0.3 is 6.09 Å². The fraction of sp³-hybridized carbons (Fsp3) is 0.889. The summed E-state index contributed by atoms with van der Waals surface area (Å²) in [6.07, 6.45) is -0.882. The topological polar surface area (TPSA) is 60.8 Å². The Morgan fingerprint density at radius 1 is 1.46 bits per heavy atom. The third kappa shape index (κ3) is 2.12. The van der Waals surface area contributed by atoms with Gasteiger partial charge in [-0.15, -0.1) is 0 Å². The van der Waals surface area contributed by atoms with Crippen LogP contribution in [-0.4, -0.2) is 39.9 Å². The minimum Gasteiger partial charge on any atom is -0.465 e. The van der Waals surface area contributed by atoms with Crippen molar-refractivity contribution in [1.29, 1.82) is 0 Å². The van der Waals surface area contributed by atoms with Gasteiger partial charge in [0.15, 0.2) is 0 Å². The molecular weight excluding hydrogens is 170 g/mol. The first-order valence-corrected chi connectivity index (χ1v) is 4.50. The van der Waals surface area contributed by atoms with E-state index in [9.17, 15) is 9.90 Å². The first-order valence-electron chi connectivity index (χ1n) is 4.50. The quantitative estimate of drug-likeness (QED) is 0.598. The molecule has 0 aliphatic carbocycles. The Hall–Kier alpha value is -0.770. The number of carbonyl (C=O) groups is 1. The highest BCUT2D eigenvalue weighted by Gasteiger charge is 2.40. The third-order valence-electron chi connectivity index (χ3n) is 2.52. The highest BCUT2D eigenvalue weighted by atomic mass is 16.4. The summed E-state index contributed by atoms with van der Waals surface area (Å²) in [6, 6.07) is -0.0694. The summed E-state index contributed by atoms with van der Waals surface area (Å²) in [4.78, 5) is 12.2. The Labute approximate surface area is 78.2 Å². The Balaban J connectivity index is 2.78. The summed E-state index contributed by atoms with van der Waals surface area (Å²) in [5.74, 6) is 0. The first-order chi connectivity index (χ1) is 5.82. The van der Waals surface area contributed by atoms with E-state index in [1.54, 1.807) is 0 Å². The minimum absolute atomic E-state index is 0.0694. The van der Waals surface area contributed by atoms with Gasteiger partial charge in [-0.1, -0.05) is 20.8 Å². The molecule has 2 N–H and O–H groups in total. The molecule has 1 rings (SSSR count). The Morgan fingerprint density at radius 3 is 2.31 bits per heavy atom. The van der Waals surface area contributed by atoms with Crippen LogP contribution in [0, 0.1) is 5.41 Å². The second kappa shape index (κ2) is 3.18. The van der Waals surface area contributed by atoms with Gasteiger partial charge in [-0.2, -0.15) is 0 Å². The number of β-amino-alcohol motifs (C(OH)–C–C–N with tert-alkyl or cyclic N) is 1. The molecule has 0 saturated carbocycles. The summed E-state index contributed by atoms with van der Waals surface area (Å²) in [7, 11) is 0. The number of aliphatic hydroxyl groups excluding tert-OH is 1. The number of nitrogens with zero attached hydrogens (tertiary/aromatic N) is 1. The smallest absolute Gasteiger partial charge is 0.407 e. The van der Waals surface area contributed by atoms with E-state index in [1.807, 2.05) is 20.8 Å². The summed E-state index contributed by atoms with van der Waals surface area (Å²) < 4.78 is 0. The molecule has 1 amide bonds. The van der Waals surface area contributed by atoms with Gasteiger partial charge < -0.3 is 15.1 Å². The fourth-order valence-electron chi connectivity index (χ4n) is 1.85. The van der Waals surface area contributed by atoms with Crippen LogP contribution in [0.3, 0.4) is 0 Å². The van der Waals surface area contributed by atoms with Gasteiger partial charge in [0.25, 0.3) is 0 Å². The molecule has 76 valence electrons. The van der Waals surface area contributed by atoms with Crippen LogP contribution in [0.25, 0.3) is 0 Å². The lowest BCUT2D eigenvalue weighted by Crippen LogP contribution is -2.42. The molecule has 1 aliphatic rings. The van der Waals surface area contributed by atoms with Gasteiger partial charge in [-0.05, 0) is 11.8 Å². The van der Waals surface area contributed by atoms with Crippen LogP contribution in [0.15, 0.2) is 0 Å². The van der Waals surface area contributed by atoms with Crippen LogP contribution in [-0.2, 0) is 0 Å². The second-order valence-corrected chi connectivity index (χ2v) is 4.71. The van der Waals surface area contributed by atoms with Crippen LogP contribution in [0.1, 0.15) is 27.2 Å². The van der Waals surface area contributed by atoms with Crippen molar-refractivity contribution in [1.82, 2.24) is 4.90 Å². The van der Waals surface area contributed by atoms with Gasteiger partial charge in [0.1, 0.15) is 0 Å². The van der Waals surface area contributed by atoms with Crippen molar-refractivity contribution in [2.75, 3.05) is 6.54 Å². The predicted octanol–water partition coefficient (Wildman–Crippen LogP) is 1.15. The number of amides is 1. The number of likely N-dealkylation sites (tertiary alicyclic amines) is 1. The maximum absolute atomic E-state index is 10.8. The molecule has 1 saturated heterocycles. The molecule has 4 nitrogen and oxygen atoms in total. The van der Waals surface area contributed by atoms with E-state index in [-0.39, 0.29) is 18.0 Å². The van der Waals surface area contributed by atoms with Crippen LogP contribution in [0.5, 0.6) is 0 Å². The zero-order chi connectivity index (χ0) is 10.2. The molecule has 2 atom stereocenters. The summed E-state index contributed by atoms with van der Waals surface area (Å²) >= 11 is 0. The molecule has 0 aromatic rings. The molecule has 0 radical (unpaired) electrons. The van der Waals surface area contributed by atoms with E-state index in [4.69, 9.17) is 5.11 Å². The maximum Gasteiger partial charge on any atom is 0.407 e. The molecule has 4 heteroatoms. The average molecular weight is 187 g/mol. The molecule has 13 heavy (non-hydrogen) atoms. The van der Waals surface area contributed by atoms with Gasteiger partial charge in [0.2, 0.25) is 0 Å². The lowest BCUT2D eigenvalue weighted by atomic mass is 9.85. The largest absolute Gasteiger partial charge is 0.465 e. The molecule has 2 unspecified atom stereocenters. The van der Waals surface area contributed by atoms with Crippen LogP contribution in [0.4, 0.5) is 4.79 Å². The summed E-state index contributed by atoms with van der Waals surface area (Å²) in [5, 5.41) is 18.3. The number of hydrogen-bond donors (Lipinski definition) is 2.